The van der Waals surface area contributed by atoms with E-state index in [1.807, 2.05) is 6.26 Å². The first-order valence-corrected chi connectivity index (χ1v) is 4.96. The molecule has 0 radical (unpaired) electrons. The van der Waals surface area contributed by atoms with Crippen LogP contribution in [0.2, 0.25) is 0 Å². The van der Waals surface area contributed by atoms with Crippen molar-refractivity contribution in [3.8, 4) is 0 Å². The van der Waals surface area contributed by atoms with Gasteiger partial charge in [0.1, 0.15) is 0 Å². The molecule has 0 amide bonds. The molecule has 0 bridgehead atoms. The number of hydrogen-bond acceptors (Lipinski definition) is 5. The predicted molar refractivity (Wildman–Crippen MR) is 46.1 cm³/mol. The molecular weight excluding hydrogens is 182 g/mol. The molecule has 0 spiro atoms. The topological polar surface area (TPSA) is 50.2 Å². The molecule has 0 saturated heterocycles. The highest BCUT2D eigenvalue weighted by Crippen LogP contribution is 2.17. The highest BCUT2D eigenvalue weighted by molar-refractivity contribution is 8.00. The fraction of sp³-hybridized carbons (Fsp3) is 0.333. The Kier molecular flexibility index (Phi) is 3.04. The molecule has 11 heavy (non-hydrogen) atoms. The normalized spacial score (nSPS) is 10.0. The van der Waals surface area contributed by atoms with E-state index in [0.717, 1.165) is 0 Å². The van der Waals surface area contributed by atoms with Gasteiger partial charge in [-0.05, 0) is 6.26 Å². The second kappa shape index (κ2) is 3.85. The monoisotopic (exact) mass is 189 g/mol. The van der Waals surface area contributed by atoms with Gasteiger partial charge in [-0.25, -0.2) is 0 Å². The zero-order valence-corrected chi connectivity index (χ0v) is 7.54. The molecule has 0 aliphatic rings. The van der Waals surface area contributed by atoms with Crippen molar-refractivity contribution < 1.29 is 5.11 Å². The molecule has 0 aliphatic carbocycles. The number of hydrogen-bond donors (Lipinski definition) is 1. The molecule has 60 valence electrons. The van der Waals surface area contributed by atoms with Crippen LogP contribution in [0.4, 0.5) is 0 Å². The van der Waals surface area contributed by atoms with E-state index in [1.165, 1.54) is 29.2 Å². The molecule has 1 rings (SSSR count). The fourth-order valence-corrected chi connectivity index (χ4v) is 2.01. The van der Waals surface area contributed by atoms with E-state index in [-0.39, 0.29) is 12.2 Å². The quantitative estimate of drug-likeness (QED) is 0.696. The summed E-state index contributed by atoms with van der Waals surface area (Å²) in [6.07, 6.45) is 1.85. The Hall–Kier alpha value is -0.390. The highest BCUT2D eigenvalue weighted by atomic mass is 32.2. The summed E-state index contributed by atoms with van der Waals surface area (Å²) < 4.78 is 0.696. The summed E-state index contributed by atoms with van der Waals surface area (Å²) in [5.74, 6) is 0. The average molecular weight is 189 g/mol. The van der Waals surface area contributed by atoms with Crippen LogP contribution in [-0.4, -0.2) is 16.3 Å². The Labute approximate surface area is 72.1 Å². The van der Waals surface area contributed by atoms with E-state index >= 15 is 0 Å². The molecule has 1 aromatic rings. The summed E-state index contributed by atoms with van der Waals surface area (Å²) in [5, 5.41) is 8.72. The summed E-state index contributed by atoms with van der Waals surface area (Å²) >= 11 is 2.75. The lowest BCUT2D eigenvalue weighted by molar-refractivity contribution is 0.285. The van der Waals surface area contributed by atoms with E-state index in [2.05, 4.69) is 4.98 Å². The highest BCUT2D eigenvalue weighted by Gasteiger charge is 1.98. The second-order valence-electron chi connectivity index (χ2n) is 1.79. The third-order valence-corrected chi connectivity index (χ3v) is 3.00. The largest absolute Gasteiger partial charge is 0.391 e. The minimum absolute atomic E-state index is 0.0873. The lowest BCUT2D eigenvalue weighted by Gasteiger charge is -1.94. The Morgan fingerprint density at radius 2 is 2.55 bits per heavy atom. The lowest BCUT2D eigenvalue weighted by atomic mass is 10.5. The van der Waals surface area contributed by atoms with Crippen molar-refractivity contribution in [1.82, 2.24) is 4.98 Å². The van der Waals surface area contributed by atoms with Gasteiger partial charge in [-0.3, -0.25) is 4.79 Å². The SMILES string of the molecule is CSc1nc(=O)cc(CO)s1. The van der Waals surface area contributed by atoms with Crippen LogP contribution in [0.1, 0.15) is 4.88 Å². The molecule has 0 aromatic carbocycles. The molecule has 0 atom stereocenters. The third-order valence-electron chi connectivity index (χ3n) is 1.03. The number of aliphatic hydroxyl groups excluding tert-OH is 1. The van der Waals surface area contributed by atoms with Gasteiger partial charge < -0.3 is 5.11 Å². The standard InChI is InChI=1S/C6H7NO2S2/c1-10-6-7-5(9)2-4(3-8)11-6/h2,8H,3H2,1H3. The van der Waals surface area contributed by atoms with Crippen LogP contribution in [0.3, 0.4) is 0 Å². The van der Waals surface area contributed by atoms with Crippen LogP contribution < -0.4 is 5.56 Å². The average Bonchev–Trinajstić information content (AvgIpc) is 2.03. The molecule has 1 heterocycles. The van der Waals surface area contributed by atoms with Gasteiger partial charge in [0.2, 0.25) is 0 Å². The van der Waals surface area contributed by atoms with Gasteiger partial charge in [0, 0.05) is 10.9 Å². The van der Waals surface area contributed by atoms with Crippen molar-refractivity contribution in [3.63, 3.8) is 0 Å². The van der Waals surface area contributed by atoms with Gasteiger partial charge in [0.25, 0.3) is 5.56 Å². The van der Waals surface area contributed by atoms with Gasteiger partial charge in [-0.2, -0.15) is 4.98 Å². The second-order valence-corrected chi connectivity index (χ2v) is 3.96. The van der Waals surface area contributed by atoms with E-state index < -0.39 is 0 Å². The third kappa shape index (κ3) is 2.28. The maximum Gasteiger partial charge on any atom is 0.272 e. The Morgan fingerprint density at radius 3 is 3.09 bits per heavy atom. The fourth-order valence-electron chi connectivity index (χ4n) is 0.590. The molecule has 0 saturated carbocycles. The molecular formula is C6H7NO2S2. The maximum absolute atomic E-state index is 10.8. The van der Waals surface area contributed by atoms with Gasteiger partial charge in [-0.15, -0.1) is 11.3 Å². The summed E-state index contributed by atoms with van der Waals surface area (Å²) in [5.41, 5.74) is -0.280. The van der Waals surface area contributed by atoms with Crippen molar-refractivity contribution in [1.29, 1.82) is 0 Å². The van der Waals surface area contributed by atoms with Crippen molar-refractivity contribution in [2.24, 2.45) is 0 Å². The molecule has 3 nitrogen and oxygen atoms in total. The molecule has 0 unspecified atom stereocenters. The summed E-state index contributed by atoms with van der Waals surface area (Å²) in [7, 11) is 0. The number of nitrogens with zero attached hydrogens (tertiary/aromatic N) is 1. The first-order chi connectivity index (χ1) is 5.26. The Balaban J connectivity index is 3.12. The smallest absolute Gasteiger partial charge is 0.272 e. The van der Waals surface area contributed by atoms with E-state index in [9.17, 15) is 4.79 Å². The zero-order chi connectivity index (χ0) is 8.27. The van der Waals surface area contributed by atoms with Crippen LogP contribution >= 0.6 is 23.1 Å². The Bertz CT molecular complexity index is 272. The number of aromatic nitrogens is 1. The van der Waals surface area contributed by atoms with Gasteiger partial charge in [0.05, 0.1) is 6.61 Å². The molecule has 1 aromatic heterocycles. The first kappa shape index (κ1) is 8.70. The van der Waals surface area contributed by atoms with Crippen LogP contribution in [0.15, 0.2) is 15.2 Å². The minimum atomic E-state index is -0.280. The van der Waals surface area contributed by atoms with Crippen LogP contribution in [-0.2, 0) is 6.61 Å². The van der Waals surface area contributed by atoms with E-state index in [1.54, 1.807) is 0 Å². The van der Waals surface area contributed by atoms with Crippen molar-refractivity contribution in [3.05, 3.63) is 21.3 Å². The van der Waals surface area contributed by atoms with E-state index in [4.69, 9.17) is 5.11 Å². The summed E-state index contributed by atoms with van der Waals surface area (Å²) in [6.45, 7) is -0.0873. The minimum Gasteiger partial charge on any atom is -0.391 e. The van der Waals surface area contributed by atoms with E-state index in [0.29, 0.717) is 9.22 Å². The number of thioether (sulfide) groups is 1. The van der Waals surface area contributed by atoms with Crippen molar-refractivity contribution in [2.45, 2.75) is 10.9 Å². The number of aliphatic hydroxyl groups is 1. The Morgan fingerprint density at radius 1 is 1.82 bits per heavy atom. The van der Waals surface area contributed by atoms with Crippen LogP contribution in [0.5, 0.6) is 0 Å². The zero-order valence-electron chi connectivity index (χ0n) is 5.90. The predicted octanol–water partition coefficient (Wildman–Crippen LogP) is 0.718. The molecule has 0 aliphatic heterocycles. The summed E-state index contributed by atoms with van der Waals surface area (Å²) in [4.78, 5) is 15.2. The maximum atomic E-state index is 10.8. The van der Waals surface area contributed by atoms with Gasteiger partial charge >= 0.3 is 0 Å². The van der Waals surface area contributed by atoms with Crippen LogP contribution in [0, 0.1) is 0 Å². The van der Waals surface area contributed by atoms with Gasteiger partial charge in [0.15, 0.2) is 4.34 Å². The molecule has 5 heteroatoms. The lowest BCUT2D eigenvalue weighted by Crippen LogP contribution is -2.04. The molecule has 1 N–H and O–H groups in total. The molecule has 0 fully saturated rings. The van der Waals surface area contributed by atoms with Crippen molar-refractivity contribution in [2.75, 3.05) is 6.26 Å². The van der Waals surface area contributed by atoms with Gasteiger partial charge in [-0.1, -0.05) is 11.8 Å². The first-order valence-electron chi connectivity index (χ1n) is 2.92. The van der Waals surface area contributed by atoms with Crippen molar-refractivity contribution >= 4 is 23.1 Å². The van der Waals surface area contributed by atoms with Crippen LogP contribution in [0.25, 0.3) is 0 Å². The summed E-state index contributed by atoms with van der Waals surface area (Å²) in [6, 6.07) is 1.35. The number of rotatable bonds is 2.